The first-order valence-electron chi connectivity index (χ1n) is 11.0. The number of ether oxygens (including phenoxy) is 1. The smallest absolute Gasteiger partial charge is 0.240 e. The van der Waals surface area contributed by atoms with E-state index in [1.807, 2.05) is 0 Å². The lowest BCUT2D eigenvalue weighted by atomic mass is 9.93. The molecule has 29 heavy (non-hydrogen) atoms. The highest BCUT2D eigenvalue weighted by atomic mass is 32.1. The Bertz CT molecular complexity index is 740. The number of morpholine rings is 1. The molecule has 3 heterocycles. The average molecular weight is 424 g/mol. The molecule has 2 aliphatic rings. The predicted octanol–water partition coefficient (Wildman–Crippen LogP) is 3.36. The van der Waals surface area contributed by atoms with Crippen LogP contribution in [0, 0.1) is 10.7 Å². The number of carbonyl (C=O) groups is 1. The quantitative estimate of drug-likeness (QED) is 0.736. The maximum Gasteiger partial charge on any atom is 0.240 e. The van der Waals surface area contributed by atoms with Gasteiger partial charge in [-0.2, -0.15) is 5.10 Å². The van der Waals surface area contributed by atoms with Crippen LogP contribution in [0.1, 0.15) is 72.2 Å². The van der Waals surface area contributed by atoms with E-state index in [0.717, 1.165) is 44.8 Å². The van der Waals surface area contributed by atoms with E-state index in [-0.39, 0.29) is 36.1 Å². The molecule has 1 amide bonds. The first-order valence-corrected chi connectivity index (χ1v) is 11.4. The van der Waals surface area contributed by atoms with Crippen molar-refractivity contribution in [3.05, 3.63) is 10.6 Å². The van der Waals surface area contributed by atoms with E-state index in [1.54, 1.807) is 0 Å². The Morgan fingerprint density at radius 2 is 1.72 bits per heavy atom. The summed E-state index contributed by atoms with van der Waals surface area (Å²) in [5, 5.41) is 7.46. The molecule has 3 rings (SSSR count). The summed E-state index contributed by atoms with van der Waals surface area (Å²) < 4.78 is 8.68. The fourth-order valence-corrected chi connectivity index (χ4v) is 5.31. The lowest BCUT2D eigenvalue weighted by molar-refractivity contribution is -0.146. The highest BCUT2D eigenvalue weighted by Gasteiger charge is 2.38. The molecule has 1 aromatic rings. The Morgan fingerprint density at radius 3 is 2.24 bits per heavy atom. The molecule has 0 aromatic carbocycles. The molecule has 1 aromatic heterocycles. The van der Waals surface area contributed by atoms with Crippen LogP contribution in [0.3, 0.4) is 0 Å². The number of piperidine rings is 1. The van der Waals surface area contributed by atoms with Crippen molar-refractivity contribution in [2.24, 2.45) is 5.92 Å². The van der Waals surface area contributed by atoms with Gasteiger partial charge >= 0.3 is 0 Å². The second-order valence-electron chi connectivity index (χ2n) is 9.35. The number of hydrogen-bond donors (Lipinski definition) is 1. The number of amides is 1. The van der Waals surface area contributed by atoms with E-state index >= 15 is 0 Å². The maximum atomic E-state index is 13.5. The Labute approximate surface area is 179 Å². The molecule has 1 N–H and O–H groups in total. The molecule has 0 bridgehead atoms. The van der Waals surface area contributed by atoms with Gasteiger partial charge in [-0.25, -0.2) is 0 Å². The highest BCUT2D eigenvalue weighted by Crippen LogP contribution is 2.30. The summed E-state index contributed by atoms with van der Waals surface area (Å²) in [5.41, 5.74) is 0. The van der Waals surface area contributed by atoms with Gasteiger partial charge in [0.1, 0.15) is 5.82 Å². The number of nitrogens with zero attached hydrogens (tertiary/aromatic N) is 4. The van der Waals surface area contributed by atoms with Crippen LogP contribution in [-0.2, 0) is 9.53 Å². The fraction of sp³-hybridized carbons (Fsp3) is 0.857. The normalized spacial score (nSPS) is 25.7. The Hall–Kier alpha value is -1.25. The summed E-state index contributed by atoms with van der Waals surface area (Å²) in [5.74, 6) is 1.92. The minimum atomic E-state index is -0.0782. The van der Waals surface area contributed by atoms with E-state index < -0.39 is 0 Å². The van der Waals surface area contributed by atoms with Crippen molar-refractivity contribution in [3.63, 3.8) is 0 Å². The van der Waals surface area contributed by atoms with Gasteiger partial charge in [-0.15, -0.1) is 0 Å². The van der Waals surface area contributed by atoms with E-state index in [9.17, 15) is 4.79 Å². The number of rotatable bonds is 5. The predicted molar refractivity (Wildman–Crippen MR) is 117 cm³/mol. The van der Waals surface area contributed by atoms with Gasteiger partial charge in [-0.05, 0) is 58.7 Å². The number of nitrogens with one attached hydrogen (secondary N) is 1. The first-order chi connectivity index (χ1) is 13.7. The molecule has 0 aliphatic carbocycles. The second-order valence-corrected chi connectivity index (χ2v) is 9.74. The Kier molecular flexibility index (Phi) is 7.17. The van der Waals surface area contributed by atoms with Crippen LogP contribution in [0.15, 0.2) is 0 Å². The molecule has 2 aliphatic heterocycles. The lowest BCUT2D eigenvalue weighted by Crippen LogP contribution is -2.58. The van der Waals surface area contributed by atoms with Crippen LogP contribution in [0.2, 0.25) is 0 Å². The highest BCUT2D eigenvalue weighted by molar-refractivity contribution is 7.71. The van der Waals surface area contributed by atoms with E-state index in [4.69, 9.17) is 17.0 Å². The SMILES string of the molecule is CC1CN(C(C(=O)N2CCC(c3n[nH]c(=S)n3C(C)C)CC2)C(C)C)CC(C)O1. The van der Waals surface area contributed by atoms with Gasteiger partial charge in [0.2, 0.25) is 5.91 Å². The standard InChI is InChI=1S/C21H37N5O2S/c1-13(2)18(25-11-15(5)28-16(6)12-25)20(27)24-9-7-17(8-10-24)19-22-23-21(29)26(19)14(3)4/h13-18H,7-12H2,1-6H3,(H,23,29). The summed E-state index contributed by atoms with van der Waals surface area (Å²) in [4.78, 5) is 17.9. The van der Waals surface area contributed by atoms with Crippen LogP contribution in [-0.4, -0.2) is 74.9 Å². The van der Waals surface area contributed by atoms with Gasteiger partial charge in [-0.1, -0.05) is 13.8 Å². The van der Waals surface area contributed by atoms with Crippen molar-refractivity contribution in [2.45, 2.75) is 84.6 Å². The fourth-order valence-electron chi connectivity index (χ4n) is 4.96. The van der Waals surface area contributed by atoms with Crippen LogP contribution in [0.5, 0.6) is 0 Å². The third-order valence-corrected chi connectivity index (χ3v) is 6.43. The van der Waals surface area contributed by atoms with Crippen LogP contribution in [0.4, 0.5) is 0 Å². The summed E-state index contributed by atoms with van der Waals surface area (Å²) in [6.45, 7) is 15.9. The molecule has 3 atom stereocenters. The number of carbonyl (C=O) groups excluding carboxylic acids is 1. The molecule has 0 spiro atoms. The zero-order valence-corrected chi connectivity index (χ0v) is 19.5. The lowest BCUT2D eigenvalue weighted by Gasteiger charge is -2.43. The molecule has 2 saturated heterocycles. The molecule has 3 unspecified atom stereocenters. The summed E-state index contributed by atoms with van der Waals surface area (Å²) in [7, 11) is 0. The van der Waals surface area contributed by atoms with Crippen LogP contribution < -0.4 is 0 Å². The minimum absolute atomic E-state index is 0.0782. The number of aromatic nitrogens is 3. The van der Waals surface area contributed by atoms with Crippen LogP contribution in [0.25, 0.3) is 0 Å². The molecular formula is C21H37N5O2S. The maximum absolute atomic E-state index is 13.5. The zero-order chi connectivity index (χ0) is 21.3. The van der Waals surface area contributed by atoms with Crippen molar-refractivity contribution in [2.75, 3.05) is 26.2 Å². The molecule has 0 radical (unpaired) electrons. The largest absolute Gasteiger partial charge is 0.373 e. The number of H-pyrrole nitrogens is 1. The first kappa shape index (κ1) is 22.4. The van der Waals surface area contributed by atoms with Crippen LogP contribution >= 0.6 is 12.2 Å². The van der Waals surface area contributed by atoms with E-state index in [0.29, 0.717) is 10.7 Å². The number of aromatic amines is 1. The van der Waals surface area contributed by atoms with Gasteiger partial charge < -0.3 is 14.2 Å². The molecule has 2 fully saturated rings. The van der Waals surface area contributed by atoms with Crippen molar-refractivity contribution in [1.82, 2.24) is 24.6 Å². The number of likely N-dealkylation sites (tertiary alicyclic amines) is 1. The topological polar surface area (TPSA) is 66.4 Å². The Morgan fingerprint density at radius 1 is 1.14 bits per heavy atom. The van der Waals surface area contributed by atoms with Crippen molar-refractivity contribution in [3.8, 4) is 0 Å². The van der Waals surface area contributed by atoms with E-state index in [2.05, 4.69) is 66.1 Å². The third-order valence-electron chi connectivity index (χ3n) is 6.15. The molecule has 0 saturated carbocycles. The average Bonchev–Trinajstić information content (AvgIpc) is 3.02. The van der Waals surface area contributed by atoms with Gasteiger partial charge in [-0.3, -0.25) is 14.8 Å². The van der Waals surface area contributed by atoms with Gasteiger partial charge in [0.05, 0.1) is 18.2 Å². The van der Waals surface area contributed by atoms with Crippen molar-refractivity contribution >= 4 is 18.1 Å². The molecular weight excluding hydrogens is 386 g/mol. The minimum Gasteiger partial charge on any atom is -0.373 e. The molecule has 7 nitrogen and oxygen atoms in total. The summed E-state index contributed by atoms with van der Waals surface area (Å²) >= 11 is 5.40. The Balaban J connectivity index is 1.67. The second kappa shape index (κ2) is 9.27. The van der Waals surface area contributed by atoms with Gasteiger partial charge in [0.15, 0.2) is 4.77 Å². The van der Waals surface area contributed by atoms with E-state index in [1.165, 1.54) is 0 Å². The number of hydrogen-bond acceptors (Lipinski definition) is 5. The summed E-state index contributed by atoms with van der Waals surface area (Å²) in [6.07, 6.45) is 2.19. The third kappa shape index (κ3) is 4.91. The zero-order valence-electron chi connectivity index (χ0n) is 18.7. The molecule has 164 valence electrons. The van der Waals surface area contributed by atoms with Gasteiger partial charge in [0.25, 0.3) is 0 Å². The summed E-state index contributed by atoms with van der Waals surface area (Å²) in [6, 6.07) is 0.206. The van der Waals surface area contributed by atoms with Gasteiger partial charge in [0, 0.05) is 38.1 Å². The monoisotopic (exact) mass is 423 g/mol. The van der Waals surface area contributed by atoms with Crippen molar-refractivity contribution < 1.29 is 9.53 Å². The van der Waals surface area contributed by atoms with Crippen molar-refractivity contribution in [1.29, 1.82) is 0 Å². The molecule has 8 heteroatoms.